The number of ether oxygens (including phenoxy) is 1. The molecule has 0 radical (unpaired) electrons. The third-order valence-corrected chi connectivity index (χ3v) is 1.60. The van der Waals surface area contributed by atoms with Crippen molar-refractivity contribution in [1.82, 2.24) is 9.55 Å². The standard InChI is InChI=1S/C7H12N2O/c1-6-8-4-5-9(6)7(2)10-3/h4-5,7H,1-3H3. The van der Waals surface area contributed by atoms with E-state index in [9.17, 15) is 0 Å². The maximum Gasteiger partial charge on any atom is 0.131 e. The van der Waals surface area contributed by atoms with Crippen LogP contribution in [0.25, 0.3) is 0 Å². The molecule has 0 aromatic carbocycles. The fourth-order valence-electron chi connectivity index (χ4n) is 0.885. The van der Waals surface area contributed by atoms with Crippen molar-refractivity contribution in [1.29, 1.82) is 0 Å². The van der Waals surface area contributed by atoms with Crippen LogP contribution in [0.1, 0.15) is 19.0 Å². The van der Waals surface area contributed by atoms with Crippen molar-refractivity contribution in [3.8, 4) is 0 Å². The fourth-order valence-corrected chi connectivity index (χ4v) is 0.885. The zero-order valence-electron chi connectivity index (χ0n) is 6.53. The van der Waals surface area contributed by atoms with Crippen LogP contribution < -0.4 is 0 Å². The molecule has 0 saturated heterocycles. The molecule has 1 atom stereocenters. The Morgan fingerprint density at radius 3 is 2.80 bits per heavy atom. The summed E-state index contributed by atoms with van der Waals surface area (Å²) < 4.78 is 7.07. The van der Waals surface area contributed by atoms with Gasteiger partial charge in [0.2, 0.25) is 0 Å². The molecular formula is C7H12N2O. The highest BCUT2D eigenvalue weighted by Gasteiger charge is 2.02. The molecule has 0 aliphatic carbocycles. The molecule has 1 unspecified atom stereocenters. The minimum atomic E-state index is 0.0856. The Balaban J connectivity index is 2.82. The van der Waals surface area contributed by atoms with E-state index in [4.69, 9.17) is 4.74 Å². The molecule has 0 aliphatic heterocycles. The Bertz CT molecular complexity index is 207. The SMILES string of the molecule is COC(C)n1ccnc1C. The molecule has 0 fully saturated rings. The molecule has 0 amide bonds. The molecule has 56 valence electrons. The van der Waals surface area contributed by atoms with E-state index in [1.807, 2.05) is 24.6 Å². The van der Waals surface area contributed by atoms with Gasteiger partial charge in [-0.2, -0.15) is 0 Å². The molecule has 0 saturated carbocycles. The lowest BCUT2D eigenvalue weighted by Gasteiger charge is -2.11. The summed E-state index contributed by atoms with van der Waals surface area (Å²) in [6, 6.07) is 0. The van der Waals surface area contributed by atoms with Crippen molar-refractivity contribution < 1.29 is 4.74 Å². The Labute approximate surface area is 60.6 Å². The normalized spacial score (nSPS) is 13.5. The van der Waals surface area contributed by atoms with Gasteiger partial charge in [-0.15, -0.1) is 0 Å². The predicted octanol–water partition coefficient (Wildman–Crippen LogP) is 1.36. The van der Waals surface area contributed by atoms with E-state index in [-0.39, 0.29) is 6.23 Å². The average Bonchev–Trinajstić information content (AvgIpc) is 2.34. The summed E-state index contributed by atoms with van der Waals surface area (Å²) in [6.45, 7) is 3.93. The summed E-state index contributed by atoms with van der Waals surface area (Å²) in [5.74, 6) is 0.981. The van der Waals surface area contributed by atoms with E-state index in [1.54, 1.807) is 13.3 Å². The lowest BCUT2D eigenvalue weighted by Crippen LogP contribution is -2.07. The number of imidazole rings is 1. The molecule has 0 aliphatic rings. The van der Waals surface area contributed by atoms with Crippen LogP contribution in [-0.4, -0.2) is 16.7 Å². The average molecular weight is 140 g/mol. The van der Waals surface area contributed by atoms with Crippen molar-refractivity contribution in [2.45, 2.75) is 20.1 Å². The number of nitrogens with zero attached hydrogens (tertiary/aromatic N) is 2. The second-order valence-corrected chi connectivity index (χ2v) is 2.22. The van der Waals surface area contributed by atoms with Gasteiger partial charge >= 0.3 is 0 Å². The molecule has 0 spiro atoms. The number of aromatic nitrogens is 2. The van der Waals surface area contributed by atoms with Crippen molar-refractivity contribution in [2.75, 3.05) is 7.11 Å². The zero-order chi connectivity index (χ0) is 7.56. The van der Waals surface area contributed by atoms with E-state index >= 15 is 0 Å². The summed E-state index contributed by atoms with van der Waals surface area (Å²) in [7, 11) is 1.68. The molecule has 1 heterocycles. The molecule has 1 aromatic rings. The highest BCUT2D eigenvalue weighted by Crippen LogP contribution is 2.07. The Morgan fingerprint density at radius 1 is 1.70 bits per heavy atom. The van der Waals surface area contributed by atoms with Crippen LogP contribution in [0.5, 0.6) is 0 Å². The van der Waals surface area contributed by atoms with E-state index < -0.39 is 0 Å². The van der Waals surface area contributed by atoms with Gasteiger partial charge in [-0.3, -0.25) is 0 Å². The summed E-state index contributed by atoms with van der Waals surface area (Å²) in [6.07, 6.45) is 3.76. The van der Waals surface area contributed by atoms with E-state index in [0.717, 1.165) is 5.82 Å². The number of hydrogen-bond acceptors (Lipinski definition) is 2. The van der Waals surface area contributed by atoms with E-state index in [1.165, 1.54) is 0 Å². The summed E-state index contributed by atoms with van der Waals surface area (Å²) in [4.78, 5) is 4.07. The van der Waals surface area contributed by atoms with Crippen molar-refractivity contribution in [3.63, 3.8) is 0 Å². The number of rotatable bonds is 2. The highest BCUT2D eigenvalue weighted by molar-refractivity contribution is 4.89. The molecule has 3 nitrogen and oxygen atoms in total. The van der Waals surface area contributed by atoms with Crippen LogP contribution in [0.4, 0.5) is 0 Å². The quantitative estimate of drug-likeness (QED) is 0.620. The van der Waals surface area contributed by atoms with Crippen LogP contribution >= 0.6 is 0 Å². The van der Waals surface area contributed by atoms with Crippen LogP contribution in [0.15, 0.2) is 12.4 Å². The lowest BCUT2D eigenvalue weighted by atomic mass is 10.6. The maximum atomic E-state index is 5.10. The number of methoxy groups -OCH3 is 1. The van der Waals surface area contributed by atoms with Gasteiger partial charge in [0.15, 0.2) is 0 Å². The Hall–Kier alpha value is -0.830. The number of hydrogen-bond donors (Lipinski definition) is 0. The molecule has 0 bridgehead atoms. The molecule has 0 N–H and O–H groups in total. The number of aryl methyl sites for hydroxylation is 1. The van der Waals surface area contributed by atoms with Gasteiger partial charge in [-0.25, -0.2) is 4.98 Å². The first-order valence-electron chi connectivity index (χ1n) is 3.28. The topological polar surface area (TPSA) is 27.1 Å². The fraction of sp³-hybridized carbons (Fsp3) is 0.571. The predicted molar refractivity (Wildman–Crippen MR) is 38.7 cm³/mol. The first-order chi connectivity index (χ1) is 4.75. The van der Waals surface area contributed by atoms with Crippen molar-refractivity contribution in [2.24, 2.45) is 0 Å². The van der Waals surface area contributed by atoms with Gasteiger partial charge < -0.3 is 9.30 Å². The van der Waals surface area contributed by atoms with Gasteiger partial charge in [0.05, 0.1) is 0 Å². The molecule has 1 rings (SSSR count). The second-order valence-electron chi connectivity index (χ2n) is 2.22. The monoisotopic (exact) mass is 140 g/mol. The van der Waals surface area contributed by atoms with Crippen molar-refractivity contribution >= 4 is 0 Å². The zero-order valence-corrected chi connectivity index (χ0v) is 6.53. The third kappa shape index (κ3) is 1.19. The minimum absolute atomic E-state index is 0.0856. The van der Waals surface area contributed by atoms with Crippen LogP contribution in [0.3, 0.4) is 0 Å². The van der Waals surface area contributed by atoms with E-state index in [2.05, 4.69) is 4.98 Å². The first-order valence-corrected chi connectivity index (χ1v) is 3.28. The van der Waals surface area contributed by atoms with Gasteiger partial charge in [-0.05, 0) is 13.8 Å². The maximum absolute atomic E-state index is 5.10. The van der Waals surface area contributed by atoms with Crippen LogP contribution in [0.2, 0.25) is 0 Å². The van der Waals surface area contributed by atoms with Gasteiger partial charge in [-0.1, -0.05) is 0 Å². The Morgan fingerprint density at radius 2 is 2.40 bits per heavy atom. The molecular weight excluding hydrogens is 128 g/mol. The van der Waals surface area contributed by atoms with Crippen molar-refractivity contribution in [3.05, 3.63) is 18.2 Å². The minimum Gasteiger partial charge on any atom is -0.362 e. The first kappa shape index (κ1) is 7.28. The summed E-state index contributed by atoms with van der Waals surface area (Å²) in [5, 5.41) is 0. The highest BCUT2D eigenvalue weighted by atomic mass is 16.5. The second kappa shape index (κ2) is 2.84. The lowest BCUT2D eigenvalue weighted by molar-refractivity contribution is 0.0588. The summed E-state index contributed by atoms with van der Waals surface area (Å²) >= 11 is 0. The van der Waals surface area contributed by atoms with E-state index in [0.29, 0.717) is 0 Å². The van der Waals surface area contributed by atoms with Gasteiger partial charge in [0, 0.05) is 19.5 Å². The largest absolute Gasteiger partial charge is 0.362 e. The van der Waals surface area contributed by atoms with Crippen LogP contribution in [0, 0.1) is 6.92 Å². The molecule has 1 aromatic heterocycles. The molecule has 3 heteroatoms. The Kier molecular flexibility index (Phi) is 2.06. The smallest absolute Gasteiger partial charge is 0.131 e. The molecule has 10 heavy (non-hydrogen) atoms. The van der Waals surface area contributed by atoms with Gasteiger partial charge in [0.25, 0.3) is 0 Å². The summed E-state index contributed by atoms with van der Waals surface area (Å²) in [5.41, 5.74) is 0. The third-order valence-electron chi connectivity index (χ3n) is 1.60. The van der Waals surface area contributed by atoms with Crippen LogP contribution in [-0.2, 0) is 4.74 Å². The van der Waals surface area contributed by atoms with Gasteiger partial charge in [0.1, 0.15) is 12.1 Å².